The predicted octanol–water partition coefficient (Wildman–Crippen LogP) is 3.27. The molecule has 0 spiro atoms. The molecule has 0 radical (unpaired) electrons. The molecular weight excluding hydrogens is 296 g/mol. The van der Waals surface area contributed by atoms with E-state index in [-0.39, 0.29) is 13.2 Å². The van der Waals surface area contributed by atoms with Crippen LogP contribution < -0.4 is 0 Å². The molecule has 4 nitrogen and oxygen atoms in total. The minimum atomic E-state index is -1.55. The van der Waals surface area contributed by atoms with E-state index in [0.717, 1.165) is 0 Å². The van der Waals surface area contributed by atoms with E-state index in [1.165, 1.54) is 6.07 Å². The van der Waals surface area contributed by atoms with Crippen LogP contribution in [0.1, 0.15) is 40.1 Å². The molecule has 0 aliphatic heterocycles. The maximum absolute atomic E-state index is 11.9. The average Bonchev–Trinajstić information content (AvgIpc) is 2.44. The highest BCUT2D eigenvalue weighted by atomic mass is 28.3. The Kier molecular flexibility index (Phi) is 6.38. The highest BCUT2D eigenvalue weighted by Crippen LogP contribution is 2.13. The van der Waals surface area contributed by atoms with Crippen LogP contribution in [0.2, 0.25) is 19.6 Å². The zero-order chi connectivity index (χ0) is 16.8. The van der Waals surface area contributed by atoms with Crippen molar-refractivity contribution < 1.29 is 19.1 Å². The van der Waals surface area contributed by atoms with Crippen LogP contribution in [0.15, 0.2) is 18.2 Å². The number of hydrogen-bond acceptors (Lipinski definition) is 4. The molecule has 0 atom stereocenters. The summed E-state index contributed by atoms with van der Waals surface area (Å²) in [6.07, 6.45) is 0. The van der Waals surface area contributed by atoms with Gasteiger partial charge in [-0.25, -0.2) is 9.59 Å². The summed E-state index contributed by atoms with van der Waals surface area (Å²) in [6.45, 7) is 10.4. The Morgan fingerprint density at radius 1 is 0.955 bits per heavy atom. The summed E-state index contributed by atoms with van der Waals surface area (Å²) in [5, 5.41) is 0. The lowest BCUT2D eigenvalue weighted by Crippen LogP contribution is -2.16. The first-order valence-corrected chi connectivity index (χ1v) is 10.8. The Labute approximate surface area is 132 Å². The lowest BCUT2D eigenvalue weighted by Gasteiger charge is -2.07. The summed E-state index contributed by atoms with van der Waals surface area (Å²) in [4.78, 5) is 23.8. The van der Waals surface area contributed by atoms with E-state index in [1.54, 1.807) is 26.0 Å². The predicted molar refractivity (Wildman–Crippen MR) is 88.6 cm³/mol. The first kappa shape index (κ1) is 18.0. The molecule has 0 N–H and O–H groups in total. The van der Waals surface area contributed by atoms with Crippen LogP contribution in [-0.2, 0) is 9.47 Å². The van der Waals surface area contributed by atoms with E-state index in [1.807, 2.05) is 0 Å². The smallest absolute Gasteiger partial charge is 0.338 e. The molecule has 0 bridgehead atoms. The number of benzene rings is 1. The third-order valence-electron chi connectivity index (χ3n) is 2.54. The van der Waals surface area contributed by atoms with Gasteiger partial charge in [0, 0.05) is 5.56 Å². The van der Waals surface area contributed by atoms with Crippen molar-refractivity contribution in [1.29, 1.82) is 0 Å². The molecule has 1 aromatic carbocycles. The zero-order valence-corrected chi connectivity index (χ0v) is 14.8. The van der Waals surface area contributed by atoms with Crippen molar-refractivity contribution in [3.63, 3.8) is 0 Å². The van der Waals surface area contributed by atoms with Gasteiger partial charge in [0.05, 0.1) is 24.3 Å². The van der Waals surface area contributed by atoms with E-state index >= 15 is 0 Å². The van der Waals surface area contributed by atoms with Crippen molar-refractivity contribution in [1.82, 2.24) is 0 Å². The van der Waals surface area contributed by atoms with Crippen molar-refractivity contribution in [3.8, 4) is 11.5 Å². The van der Waals surface area contributed by atoms with Gasteiger partial charge in [-0.1, -0.05) is 25.6 Å². The third kappa shape index (κ3) is 5.74. The molecule has 0 unspecified atom stereocenters. The van der Waals surface area contributed by atoms with E-state index in [4.69, 9.17) is 9.47 Å². The molecule has 0 aliphatic rings. The number of carbonyl (C=O) groups excluding carboxylic acids is 2. The van der Waals surface area contributed by atoms with Gasteiger partial charge in [0.15, 0.2) is 0 Å². The molecule has 22 heavy (non-hydrogen) atoms. The second-order valence-electron chi connectivity index (χ2n) is 5.74. The minimum absolute atomic E-state index is 0.276. The van der Waals surface area contributed by atoms with Crippen LogP contribution >= 0.6 is 0 Å². The zero-order valence-electron chi connectivity index (χ0n) is 13.8. The highest BCUT2D eigenvalue weighted by molar-refractivity contribution is 6.83. The van der Waals surface area contributed by atoms with Gasteiger partial charge in [-0.2, -0.15) is 0 Å². The molecule has 0 fully saturated rings. The molecule has 118 valence electrons. The Hall–Kier alpha value is -2.06. The molecule has 0 amide bonds. The van der Waals surface area contributed by atoms with Gasteiger partial charge in [-0.05, 0) is 32.0 Å². The van der Waals surface area contributed by atoms with Crippen LogP contribution in [0, 0.1) is 11.5 Å². The molecule has 0 saturated heterocycles. The van der Waals surface area contributed by atoms with Crippen molar-refractivity contribution >= 4 is 20.0 Å². The number of hydrogen-bond donors (Lipinski definition) is 0. The second-order valence-corrected chi connectivity index (χ2v) is 10.5. The summed E-state index contributed by atoms with van der Waals surface area (Å²) < 4.78 is 9.98. The van der Waals surface area contributed by atoms with Crippen LogP contribution in [0.5, 0.6) is 0 Å². The fourth-order valence-electron chi connectivity index (χ4n) is 1.62. The van der Waals surface area contributed by atoms with Crippen LogP contribution in [0.25, 0.3) is 0 Å². The van der Waals surface area contributed by atoms with Gasteiger partial charge < -0.3 is 9.47 Å². The second kappa shape index (κ2) is 7.81. The maximum atomic E-state index is 11.9. The van der Waals surface area contributed by atoms with E-state index < -0.39 is 20.0 Å². The first-order chi connectivity index (χ1) is 10.3. The van der Waals surface area contributed by atoms with Crippen LogP contribution in [0.4, 0.5) is 0 Å². The SMILES string of the molecule is CCOC(=O)c1cc(C#C[Si](C)(C)C)cc(C(=O)OCC)c1. The lowest BCUT2D eigenvalue weighted by atomic mass is 10.1. The lowest BCUT2D eigenvalue weighted by molar-refractivity contribution is 0.0525. The fourth-order valence-corrected chi connectivity index (χ4v) is 2.14. The van der Waals surface area contributed by atoms with E-state index in [9.17, 15) is 9.59 Å². The summed E-state index contributed by atoms with van der Waals surface area (Å²) >= 11 is 0. The topological polar surface area (TPSA) is 52.6 Å². The average molecular weight is 318 g/mol. The number of carbonyl (C=O) groups is 2. The number of ether oxygens (including phenoxy) is 2. The quantitative estimate of drug-likeness (QED) is 0.486. The van der Waals surface area contributed by atoms with Crippen LogP contribution in [-0.4, -0.2) is 33.2 Å². The molecule has 1 aromatic rings. The summed E-state index contributed by atoms with van der Waals surface area (Å²) in [5.74, 6) is 2.12. The fraction of sp³-hybridized carbons (Fsp3) is 0.412. The Balaban J connectivity index is 3.28. The normalized spacial score (nSPS) is 10.4. The van der Waals surface area contributed by atoms with Gasteiger partial charge >= 0.3 is 11.9 Å². The molecule has 1 rings (SSSR count). The minimum Gasteiger partial charge on any atom is -0.462 e. The van der Waals surface area contributed by atoms with E-state index in [0.29, 0.717) is 16.7 Å². The van der Waals surface area contributed by atoms with Gasteiger partial charge in [0.1, 0.15) is 8.07 Å². The van der Waals surface area contributed by atoms with Crippen LogP contribution in [0.3, 0.4) is 0 Å². The molecule has 0 aliphatic carbocycles. The first-order valence-electron chi connectivity index (χ1n) is 7.29. The van der Waals surface area contributed by atoms with Crippen molar-refractivity contribution in [2.45, 2.75) is 33.5 Å². The van der Waals surface area contributed by atoms with Crippen molar-refractivity contribution in [2.75, 3.05) is 13.2 Å². The molecule has 0 saturated carbocycles. The maximum Gasteiger partial charge on any atom is 0.338 e. The van der Waals surface area contributed by atoms with Crippen molar-refractivity contribution in [2.24, 2.45) is 0 Å². The standard InChI is InChI=1S/C17H22O4Si/c1-6-20-16(18)14-10-13(8-9-22(3,4)5)11-15(12-14)17(19)21-7-2/h10-12H,6-7H2,1-5H3. The van der Waals surface area contributed by atoms with Gasteiger partial charge in [-0.3, -0.25) is 0 Å². The Morgan fingerprint density at radius 2 is 1.41 bits per heavy atom. The summed E-state index contributed by atoms with van der Waals surface area (Å²) in [5.41, 5.74) is 4.47. The van der Waals surface area contributed by atoms with Crippen molar-refractivity contribution in [3.05, 3.63) is 34.9 Å². The molecule has 0 heterocycles. The van der Waals surface area contributed by atoms with Gasteiger partial charge in [0.2, 0.25) is 0 Å². The molecule has 5 heteroatoms. The number of esters is 2. The Morgan fingerprint density at radius 3 is 1.77 bits per heavy atom. The summed E-state index contributed by atoms with van der Waals surface area (Å²) in [7, 11) is -1.55. The van der Waals surface area contributed by atoms with Gasteiger partial charge in [-0.15, -0.1) is 5.54 Å². The molecule has 0 aromatic heterocycles. The highest BCUT2D eigenvalue weighted by Gasteiger charge is 2.14. The van der Waals surface area contributed by atoms with Gasteiger partial charge in [0.25, 0.3) is 0 Å². The summed E-state index contributed by atoms with van der Waals surface area (Å²) in [6, 6.07) is 4.78. The van der Waals surface area contributed by atoms with E-state index in [2.05, 4.69) is 31.1 Å². The number of rotatable bonds is 4. The monoisotopic (exact) mass is 318 g/mol. The molecular formula is C17H22O4Si. The third-order valence-corrected chi connectivity index (χ3v) is 3.41. The largest absolute Gasteiger partial charge is 0.462 e. The Bertz CT molecular complexity index is 582.